The molecule has 0 saturated carbocycles. The summed E-state index contributed by atoms with van der Waals surface area (Å²) in [7, 11) is -3.60. The Labute approximate surface area is 172 Å². The van der Waals surface area contributed by atoms with Gasteiger partial charge in [0.05, 0.1) is 10.5 Å². The molecule has 3 aromatic rings. The van der Waals surface area contributed by atoms with Crippen LogP contribution in [-0.4, -0.2) is 54.7 Å². The van der Waals surface area contributed by atoms with Gasteiger partial charge in [-0.15, -0.1) is 0 Å². The number of benzene rings is 2. The number of sulfonamides is 1. The van der Waals surface area contributed by atoms with Crippen LogP contribution in [0.3, 0.4) is 0 Å². The molecule has 29 heavy (non-hydrogen) atoms. The van der Waals surface area contributed by atoms with Crippen LogP contribution in [0.25, 0.3) is 10.9 Å². The van der Waals surface area contributed by atoms with E-state index in [2.05, 4.69) is 4.98 Å². The number of aromatic amines is 1. The first-order chi connectivity index (χ1) is 13.9. The quantitative estimate of drug-likeness (QED) is 0.689. The van der Waals surface area contributed by atoms with Crippen molar-refractivity contribution in [3.63, 3.8) is 0 Å². The van der Waals surface area contributed by atoms with Gasteiger partial charge in [-0.05, 0) is 30.3 Å². The van der Waals surface area contributed by atoms with Gasteiger partial charge >= 0.3 is 0 Å². The second kappa shape index (κ2) is 7.62. The number of H-pyrrole nitrogens is 1. The van der Waals surface area contributed by atoms with E-state index in [0.717, 1.165) is 0 Å². The van der Waals surface area contributed by atoms with Crippen molar-refractivity contribution in [2.75, 3.05) is 26.2 Å². The van der Waals surface area contributed by atoms with Crippen LogP contribution in [0.15, 0.2) is 64.3 Å². The van der Waals surface area contributed by atoms with Crippen molar-refractivity contribution in [2.24, 2.45) is 0 Å². The predicted molar refractivity (Wildman–Crippen MR) is 111 cm³/mol. The highest BCUT2D eigenvalue weighted by molar-refractivity contribution is 7.89. The number of hydrogen-bond acceptors (Lipinski definition) is 4. The number of halogens is 1. The molecule has 1 aliphatic rings. The fourth-order valence-electron chi connectivity index (χ4n) is 3.45. The Morgan fingerprint density at radius 3 is 2.34 bits per heavy atom. The molecule has 150 valence electrons. The fraction of sp³-hybridized carbons (Fsp3) is 0.200. The van der Waals surface area contributed by atoms with Crippen molar-refractivity contribution in [2.45, 2.75) is 4.90 Å². The Balaban J connectivity index is 1.57. The number of piperazine rings is 1. The lowest BCUT2D eigenvalue weighted by molar-refractivity contribution is 0.0699. The zero-order chi connectivity index (χ0) is 20.6. The lowest BCUT2D eigenvalue weighted by atomic mass is 10.1. The van der Waals surface area contributed by atoms with Crippen LogP contribution in [0.1, 0.15) is 10.4 Å². The maximum atomic E-state index is 13.1. The summed E-state index contributed by atoms with van der Waals surface area (Å²) in [6, 6.07) is 14.4. The van der Waals surface area contributed by atoms with E-state index in [0.29, 0.717) is 15.9 Å². The molecule has 1 aromatic heterocycles. The number of hydrogen-bond donors (Lipinski definition) is 1. The van der Waals surface area contributed by atoms with Gasteiger partial charge in [0.2, 0.25) is 15.6 Å². The average molecular weight is 432 g/mol. The summed E-state index contributed by atoms with van der Waals surface area (Å²) >= 11 is 6.06. The zero-order valence-electron chi connectivity index (χ0n) is 15.3. The first-order valence-corrected chi connectivity index (χ1v) is 10.8. The monoisotopic (exact) mass is 431 g/mol. The van der Waals surface area contributed by atoms with Crippen molar-refractivity contribution in [3.05, 3.63) is 75.5 Å². The summed E-state index contributed by atoms with van der Waals surface area (Å²) < 4.78 is 26.9. The van der Waals surface area contributed by atoms with Crippen LogP contribution in [0, 0.1) is 0 Å². The van der Waals surface area contributed by atoms with E-state index in [9.17, 15) is 18.0 Å². The van der Waals surface area contributed by atoms with Crippen molar-refractivity contribution in [1.82, 2.24) is 14.2 Å². The van der Waals surface area contributed by atoms with Crippen LogP contribution < -0.4 is 5.56 Å². The number of carbonyl (C=O) groups excluding carboxylic acids is 1. The predicted octanol–water partition coefficient (Wildman–Crippen LogP) is 2.33. The highest BCUT2D eigenvalue weighted by Gasteiger charge is 2.30. The molecule has 0 radical (unpaired) electrons. The van der Waals surface area contributed by atoms with Crippen LogP contribution in [0.2, 0.25) is 5.02 Å². The van der Waals surface area contributed by atoms with E-state index < -0.39 is 10.0 Å². The molecule has 0 spiro atoms. The average Bonchev–Trinajstić information content (AvgIpc) is 2.73. The van der Waals surface area contributed by atoms with Gasteiger partial charge < -0.3 is 9.88 Å². The Hall–Kier alpha value is -2.68. The number of fused-ring (bicyclic) bond motifs is 1. The van der Waals surface area contributed by atoms with Gasteiger partial charge in [-0.3, -0.25) is 9.59 Å². The third-order valence-corrected chi connectivity index (χ3v) is 7.09. The molecule has 0 aliphatic carbocycles. The molecule has 9 heteroatoms. The second-order valence-electron chi connectivity index (χ2n) is 6.75. The highest BCUT2D eigenvalue weighted by Crippen LogP contribution is 2.23. The number of rotatable bonds is 3. The zero-order valence-corrected chi connectivity index (χ0v) is 16.9. The molecular formula is C20H18ClN3O4S. The molecule has 0 bridgehead atoms. The SMILES string of the molecule is O=C(c1cc(=O)[nH]c2ccc(Cl)cc12)N1CCN(S(=O)(=O)c2ccccc2)CC1. The minimum atomic E-state index is -3.60. The molecular weight excluding hydrogens is 414 g/mol. The van der Waals surface area contributed by atoms with Crippen molar-refractivity contribution >= 4 is 38.4 Å². The Morgan fingerprint density at radius 2 is 1.66 bits per heavy atom. The van der Waals surface area contributed by atoms with Gasteiger partial charge in [0.15, 0.2) is 0 Å². The lowest BCUT2D eigenvalue weighted by Gasteiger charge is -2.34. The summed E-state index contributed by atoms with van der Waals surface area (Å²) in [6.07, 6.45) is 0. The third-order valence-electron chi connectivity index (χ3n) is 4.94. The summed E-state index contributed by atoms with van der Waals surface area (Å²) in [6.45, 7) is 0.842. The first-order valence-electron chi connectivity index (χ1n) is 9.03. The van der Waals surface area contributed by atoms with Gasteiger partial charge in [0, 0.05) is 48.2 Å². The molecule has 1 N–H and O–H groups in total. The number of aromatic nitrogens is 1. The van der Waals surface area contributed by atoms with E-state index in [1.165, 1.54) is 10.4 Å². The third kappa shape index (κ3) is 3.78. The van der Waals surface area contributed by atoms with Crippen molar-refractivity contribution < 1.29 is 13.2 Å². The summed E-state index contributed by atoms with van der Waals surface area (Å²) in [5, 5.41) is 1.01. The highest BCUT2D eigenvalue weighted by atomic mass is 35.5. The van der Waals surface area contributed by atoms with E-state index in [-0.39, 0.29) is 48.1 Å². The molecule has 0 unspecified atom stereocenters. The van der Waals surface area contributed by atoms with Gasteiger partial charge in [-0.1, -0.05) is 29.8 Å². The molecule has 1 fully saturated rings. The Kier molecular flexibility index (Phi) is 5.16. The molecule has 1 aliphatic heterocycles. The van der Waals surface area contributed by atoms with E-state index in [4.69, 9.17) is 11.6 Å². The minimum Gasteiger partial charge on any atom is -0.336 e. The number of carbonyl (C=O) groups is 1. The number of nitrogens with one attached hydrogen (secondary N) is 1. The summed E-state index contributed by atoms with van der Waals surface area (Å²) in [5.41, 5.74) is 0.398. The molecule has 4 rings (SSSR count). The minimum absolute atomic E-state index is 0.185. The molecule has 1 amide bonds. The number of pyridine rings is 1. The smallest absolute Gasteiger partial charge is 0.254 e. The maximum absolute atomic E-state index is 13.1. The van der Waals surface area contributed by atoms with Gasteiger partial charge in [0.1, 0.15) is 0 Å². The van der Waals surface area contributed by atoms with Gasteiger partial charge in [-0.25, -0.2) is 8.42 Å². The molecule has 2 heterocycles. The van der Waals surface area contributed by atoms with Crippen LogP contribution in [0.5, 0.6) is 0 Å². The van der Waals surface area contributed by atoms with Crippen molar-refractivity contribution in [1.29, 1.82) is 0 Å². The normalized spacial score (nSPS) is 15.6. The van der Waals surface area contributed by atoms with Crippen LogP contribution in [-0.2, 0) is 10.0 Å². The van der Waals surface area contributed by atoms with Crippen molar-refractivity contribution in [3.8, 4) is 0 Å². The second-order valence-corrected chi connectivity index (χ2v) is 9.12. The Morgan fingerprint density at radius 1 is 0.966 bits per heavy atom. The standard InChI is InChI=1S/C20H18ClN3O4S/c21-14-6-7-18-16(12-14)17(13-19(25)22-18)20(26)23-8-10-24(11-9-23)29(27,28)15-4-2-1-3-5-15/h1-7,12-13H,8-11H2,(H,22,25). The topological polar surface area (TPSA) is 90.6 Å². The Bertz CT molecular complexity index is 1230. The first kappa shape index (κ1) is 19.6. The molecule has 0 atom stereocenters. The van der Waals surface area contributed by atoms with E-state index in [1.54, 1.807) is 53.4 Å². The lowest BCUT2D eigenvalue weighted by Crippen LogP contribution is -2.50. The largest absolute Gasteiger partial charge is 0.336 e. The maximum Gasteiger partial charge on any atom is 0.254 e. The number of nitrogens with zero attached hydrogens (tertiary/aromatic N) is 2. The van der Waals surface area contributed by atoms with Crippen LogP contribution in [0.4, 0.5) is 0 Å². The molecule has 1 saturated heterocycles. The van der Waals surface area contributed by atoms with E-state index in [1.807, 2.05) is 0 Å². The summed E-state index contributed by atoms with van der Waals surface area (Å²) in [4.78, 5) is 29.5. The number of amides is 1. The van der Waals surface area contributed by atoms with E-state index >= 15 is 0 Å². The van der Waals surface area contributed by atoms with Gasteiger partial charge in [0.25, 0.3) is 5.91 Å². The molecule has 7 nitrogen and oxygen atoms in total. The van der Waals surface area contributed by atoms with Crippen LogP contribution >= 0.6 is 11.6 Å². The fourth-order valence-corrected chi connectivity index (χ4v) is 5.06. The van der Waals surface area contributed by atoms with Gasteiger partial charge in [-0.2, -0.15) is 4.31 Å². The summed E-state index contributed by atoms with van der Waals surface area (Å²) in [5.74, 6) is -0.319. The molecule has 2 aromatic carbocycles.